The summed E-state index contributed by atoms with van der Waals surface area (Å²) >= 11 is 1.95. The second kappa shape index (κ2) is 19.6. The van der Waals surface area contributed by atoms with E-state index in [2.05, 4.69) is 212 Å². The van der Waals surface area contributed by atoms with Gasteiger partial charge < -0.3 is 10.2 Å². The summed E-state index contributed by atoms with van der Waals surface area (Å²) in [7, 11) is 2.47. The van der Waals surface area contributed by atoms with Crippen LogP contribution in [0.5, 0.6) is 0 Å². The first-order valence-corrected chi connectivity index (χ1v) is 21.6. The molecule has 1 aromatic heterocycles. The second-order valence-electron chi connectivity index (χ2n) is 18.9. The van der Waals surface area contributed by atoms with Gasteiger partial charge in [0.25, 0.3) is 0 Å². The van der Waals surface area contributed by atoms with E-state index in [1.165, 1.54) is 65.4 Å². The highest BCUT2D eigenvalue weighted by atomic mass is 32.1. The summed E-state index contributed by atoms with van der Waals surface area (Å²) in [5.74, 6) is 0.424. The lowest BCUT2D eigenvalue weighted by atomic mass is 9.55. The number of rotatable bonds is 17. The zero-order valence-electron chi connectivity index (χ0n) is 37.4. The number of allylic oxidation sites excluding steroid dienone is 13. The molecule has 1 N–H and O–H groups in total. The number of thiophene rings is 1. The molecule has 0 saturated heterocycles. The number of nitrogens with zero attached hydrogens (tertiary/aromatic N) is 1. The number of nitrogens with one attached hydrogen (secondary N) is 1. The fourth-order valence-electron chi connectivity index (χ4n) is 7.00. The Labute approximate surface area is 343 Å². The second-order valence-corrected chi connectivity index (χ2v) is 19.8. The van der Waals surface area contributed by atoms with Crippen molar-refractivity contribution < 1.29 is 0 Å². The van der Waals surface area contributed by atoms with Crippen molar-refractivity contribution >= 4 is 35.5 Å². The molecule has 0 saturated carbocycles. The molecule has 1 heterocycles. The molecule has 0 unspecified atom stereocenters. The summed E-state index contributed by atoms with van der Waals surface area (Å²) in [5, 5.41) is 6.06. The van der Waals surface area contributed by atoms with Gasteiger partial charge in [-0.05, 0) is 121 Å². The van der Waals surface area contributed by atoms with Gasteiger partial charge in [0.2, 0.25) is 0 Å². The summed E-state index contributed by atoms with van der Waals surface area (Å²) in [6.07, 6.45) is 28.0. The van der Waals surface area contributed by atoms with Gasteiger partial charge in [0.1, 0.15) is 0 Å². The molecule has 1 aliphatic rings. The Kier molecular flexibility index (Phi) is 16.3. The van der Waals surface area contributed by atoms with Gasteiger partial charge in [-0.2, -0.15) is 0 Å². The van der Waals surface area contributed by atoms with E-state index in [0.717, 1.165) is 17.1 Å². The van der Waals surface area contributed by atoms with Crippen LogP contribution in [0.3, 0.4) is 0 Å². The van der Waals surface area contributed by atoms with Gasteiger partial charge >= 0.3 is 0 Å². The molecule has 0 bridgehead atoms. The Hall–Kier alpha value is -3.50. The van der Waals surface area contributed by atoms with E-state index in [1.807, 2.05) is 17.4 Å². The number of anilines is 2. The molecule has 0 atom stereocenters. The fraction of sp³-hybridized carbons (Fsp3) is 0.490. The van der Waals surface area contributed by atoms with E-state index < -0.39 is 0 Å². The predicted octanol–water partition coefficient (Wildman–Crippen LogP) is 15.1. The van der Waals surface area contributed by atoms with Crippen LogP contribution in [0.25, 0.3) is 0 Å². The minimum Gasteiger partial charge on any atom is -0.355 e. The van der Waals surface area contributed by atoms with Gasteiger partial charge in [0.05, 0.1) is 0 Å². The molecule has 1 aromatic carbocycles. The predicted molar refractivity (Wildman–Crippen MR) is 251 cm³/mol. The largest absolute Gasteiger partial charge is 0.355 e. The van der Waals surface area contributed by atoms with Crippen molar-refractivity contribution in [3.8, 4) is 0 Å². The van der Waals surface area contributed by atoms with E-state index in [-0.39, 0.29) is 21.7 Å². The Bertz CT molecular complexity index is 1820. The lowest BCUT2D eigenvalue weighted by molar-refractivity contribution is 0.340. The third-order valence-electron chi connectivity index (χ3n) is 11.3. The van der Waals surface area contributed by atoms with Crippen LogP contribution in [0.1, 0.15) is 146 Å². The molecule has 297 valence electrons. The van der Waals surface area contributed by atoms with Gasteiger partial charge in [0.15, 0.2) is 7.28 Å². The van der Waals surface area contributed by atoms with Gasteiger partial charge in [-0.3, -0.25) is 0 Å². The highest BCUT2D eigenvalue weighted by Crippen LogP contribution is 2.47. The first kappa shape index (κ1) is 45.9. The molecule has 3 rings (SSSR count). The Morgan fingerprint density at radius 3 is 2.33 bits per heavy atom. The van der Waals surface area contributed by atoms with Crippen molar-refractivity contribution in [3.63, 3.8) is 0 Å². The van der Waals surface area contributed by atoms with Crippen molar-refractivity contribution in [2.45, 2.75) is 147 Å². The monoisotopic (exact) mass is 758 g/mol. The summed E-state index contributed by atoms with van der Waals surface area (Å²) in [5.41, 5.74) is 11.5. The zero-order valence-corrected chi connectivity index (χ0v) is 38.2. The Morgan fingerprint density at radius 1 is 1.02 bits per heavy atom. The van der Waals surface area contributed by atoms with Crippen LogP contribution in [0, 0.1) is 16.7 Å². The van der Waals surface area contributed by atoms with Crippen LogP contribution in [0.4, 0.5) is 11.4 Å². The first-order chi connectivity index (χ1) is 25.7. The van der Waals surface area contributed by atoms with Crippen LogP contribution >= 0.6 is 11.3 Å². The number of unbranched alkanes of at least 4 members (excludes halogenated alkanes) is 1. The maximum absolute atomic E-state index is 4.13. The molecule has 0 fully saturated rings. The van der Waals surface area contributed by atoms with Gasteiger partial charge in [-0.15, -0.1) is 11.3 Å². The number of hydrogen-bond acceptors (Lipinski definition) is 3. The van der Waals surface area contributed by atoms with Crippen molar-refractivity contribution in [2.24, 2.45) is 16.7 Å². The molecule has 0 amide bonds. The maximum atomic E-state index is 4.13. The highest BCUT2D eigenvalue weighted by molar-refractivity contribution is 7.11. The summed E-state index contributed by atoms with van der Waals surface area (Å²) in [4.78, 5) is 3.90. The molecular formula is C51H74BN2S. The molecule has 4 heteroatoms. The fourth-order valence-corrected chi connectivity index (χ4v) is 8.36. The Morgan fingerprint density at radius 2 is 1.71 bits per heavy atom. The minimum atomic E-state index is 0.0354. The standard InChI is InChI=1S/C51H74BN2S/c1-17-20-29-49(11,12)30-22-27-41(19-3)53-42-26-21-28-43(35-42)54(33-23-25-40(24-18-2)37(4)5)39(7)44(34-38(6)48(8,9)10)52-45-36-55-47-46(45)50(13,14)31-32-51(47,15)16/h18-19,21-28,30,33-37,53H,3,17,20,29,31-32H2,1-2,4-16H3/b24-18+,30-22+,33-23+,38-34+,40-25+,41-27+,44-39-. The first-order valence-electron chi connectivity index (χ1n) is 20.7. The van der Waals surface area contributed by atoms with Gasteiger partial charge in [-0.1, -0.05) is 162 Å². The van der Waals surface area contributed by atoms with E-state index in [9.17, 15) is 0 Å². The zero-order chi connectivity index (χ0) is 41.2. The Balaban J connectivity index is 2.23. The average Bonchev–Trinajstić information content (AvgIpc) is 3.56. The molecule has 2 nitrogen and oxygen atoms in total. The van der Waals surface area contributed by atoms with E-state index in [0.29, 0.717) is 5.92 Å². The van der Waals surface area contributed by atoms with Crippen LogP contribution < -0.4 is 15.7 Å². The number of fused-ring (bicyclic) bond motifs is 1. The van der Waals surface area contributed by atoms with Crippen LogP contribution in [0.15, 0.2) is 125 Å². The van der Waals surface area contributed by atoms with Crippen molar-refractivity contribution in [1.82, 2.24) is 0 Å². The summed E-state index contributed by atoms with van der Waals surface area (Å²) < 4.78 is 0. The van der Waals surface area contributed by atoms with E-state index >= 15 is 0 Å². The molecule has 0 spiro atoms. The normalized spacial score (nSPS) is 17.3. The van der Waals surface area contributed by atoms with Gasteiger partial charge in [-0.25, -0.2) is 0 Å². The summed E-state index contributed by atoms with van der Waals surface area (Å²) in [6, 6.07) is 8.74. The molecule has 1 radical (unpaired) electrons. The number of benzene rings is 1. The molecule has 55 heavy (non-hydrogen) atoms. The molecule has 0 aliphatic heterocycles. The maximum Gasteiger partial charge on any atom is 0.195 e. The molecule has 2 aromatic rings. The summed E-state index contributed by atoms with van der Waals surface area (Å²) in [6.45, 7) is 38.8. The van der Waals surface area contributed by atoms with Crippen molar-refractivity contribution in [3.05, 3.63) is 136 Å². The average molecular weight is 758 g/mol. The quantitative estimate of drug-likeness (QED) is 0.128. The molecular weight excluding hydrogens is 683 g/mol. The molecule has 1 aliphatic carbocycles. The third-order valence-corrected chi connectivity index (χ3v) is 12.7. The van der Waals surface area contributed by atoms with E-state index in [4.69, 9.17) is 0 Å². The van der Waals surface area contributed by atoms with Crippen molar-refractivity contribution in [1.29, 1.82) is 0 Å². The SMILES string of the molecule is C=C/C(=C\C=C\C(C)(C)CCCC)Nc1cccc(N(/C=C/C=C(\C=C\C)C(C)C)/C(C)=C([B]c2csc3c2C(C)(C)CCC3(C)C)/C=C(\C)C(C)(C)C)c1. The number of hydrogen-bond donors (Lipinski definition) is 1. The lowest BCUT2D eigenvalue weighted by Crippen LogP contribution is -2.38. The smallest absolute Gasteiger partial charge is 0.195 e. The van der Waals surface area contributed by atoms with Gasteiger partial charge in [0, 0.05) is 33.8 Å². The topological polar surface area (TPSA) is 15.3 Å². The van der Waals surface area contributed by atoms with Crippen molar-refractivity contribution in [2.75, 3.05) is 10.2 Å². The lowest BCUT2D eigenvalue weighted by Gasteiger charge is -2.40. The van der Waals surface area contributed by atoms with Crippen LogP contribution in [0.2, 0.25) is 0 Å². The van der Waals surface area contributed by atoms with Crippen LogP contribution in [-0.2, 0) is 10.8 Å². The third kappa shape index (κ3) is 13.0. The van der Waals surface area contributed by atoms with E-state index in [1.54, 1.807) is 4.88 Å². The minimum absolute atomic E-state index is 0.0354. The van der Waals surface area contributed by atoms with Crippen LogP contribution in [-0.4, -0.2) is 7.28 Å². The highest BCUT2D eigenvalue weighted by Gasteiger charge is 2.40.